The van der Waals surface area contributed by atoms with E-state index in [-0.39, 0.29) is 37.2 Å². The number of anilines is 3. The molecule has 174 valence electrons. The van der Waals surface area contributed by atoms with Gasteiger partial charge in [-0.15, -0.1) is 24.7 Å². The van der Waals surface area contributed by atoms with Crippen LogP contribution in [0.1, 0.15) is 30.9 Å². The smallest absolute Gasteiger partial charge is 0.368 e. The molecule has 2 aromatic rings. The molecule has 2 N–H and O–H groups in total. The van der Waals surface area contributed by atoms with Crippen LogP contribution in [-0.4, -0.2) is 41.5 Å². The summed E-state index contributed by atoms with van der Waals surface area (Å²) in [5.74, 6) is -0.264. The van der Waals surface area contributed by atoms with Gasteiger partial charge in [-0.25, -0.2) is 4.98 Å². The van der Waals surface area contributed by atoms with Gasteiger partial charge in [-0.2, -0.15) is 41.6 Å². The SMILES string of the molecule is CCc1c[c-]ccc1Nc1ncc(C(F)(F)F)c(NCC2(C#N)CC2)n1.[CH2-]CN(C)C[CH2-].[Li+]. The average molecular weight is 452 g/mol. The minimum Gasteiger partial charge on any atom is -0.368 e. The Morgan fingerprint density at radius 1 is 1.30 bits per heavy atom. The number of hydrogen-bond acceptors (Lipinski definition) is 6. The Morgan fingerprint density at radius 2 is 1.97 bits per heavy atom. The maximum absolute atomic E-state index is 13.2. The van der Waals surface area contributed by atoms with Gasteiger partial charge in [-0.05, 0) is 19.9 Å². The summed E-state index contributed by atoms with van der Waals surface area (Å²) in [5.41, 5.74) is 0.125. The van der Waals surface area contributed by atoms with Crippen molar-refractivity contribution in [3.8, 4) is 6.07 Å². The largest absolute Gasteiger partial charge is 1.00 e. The van der Waals surface area contributed by atoms with Crippen molar-refractivity contribution in [1.82, 2.24) is 14.9 Å². The van der Waals surface area contributed by atoms with Crippen molar-refractivity contribution in [3.63, 3.8) is 0 Å². The first kappa shape index (κ1) is 28.8. The predicted molar refractivity (Wildman–Crippen MR) is 119 cm³/mol. The van der Waals surface area contributed by atoms with Crippen LogP contribution in [0.4, 0.5) is 30.6 Å². The van der Waals surface area contributed by atoms with Gasteiger partial charge in [-0.3, -0.25) is 0 Å². The molecule has 0 amide bonds. The number of nitrogens with zero attached hydrogens (tertiary/aromatic N) is 4. The van der Waals surface area contributed by atoms with Crippen LogP contribution < -0.4 is 29.5 Å². The van der Waals surface area contributed by atoms with Crippen molar-refractivity contribution < 1.29 is 32.0 Å². The zero-order chi connectivity index (χ0) is 23.8. The Kier molecular flexibility index (Phi) is 11.2. The third-order valence-corrected chi connectivity index (χ3v) is 5.12. The fourth-order valence-electron chi connectivity index (χ4n) is 2.63. The van der Waals surface area contributed by atoms with Gasteiger partial charge in [0.25, 0.3) is 0 Å². The van der Waals surface area contributed by atoms with Crippen molar-refractivity contribution >= 4 is 17.5 Å². The predicted octanol–water partition coefficient (Wildman–Crippen LogP) is 1.91. The molecule has 10 heteroatoms. The van der Waals surface area contributed by atoms with Gasteiger partial charge in [0.1, 0.15) is 11.4 Å². The summed E-state index contributed by atoms with van der Waals surface area (Å²) >= 11 is 0. The number of aryl methyl sites for hydroxylation is 1. The number of halogens is 3. The quantitative estimate of drug-likeness (QED) is 0.471. The van der Waals surface area contributed by atoms with Crippen LogP contribution in [0.15, 0.2) is 24.4 Å². The second-order valence-corrected chi connectivity index (χ2v) is 7.56. The number of hydrogen-bond donors (Lipinski definition) is 2. The van der Waals surface area contributed by atoms with E-state index < -0.39 is 17.2 Å². The third kappa shape index (κ3) is 8.55. The van der Waals surface area contributed by atoms with E-state index in [0.717, 1.165) is 31.3 Å². The fraction of sp³-hybridized carbons (Fsp3) is 0.435. The molecular weight excluding hydrogens is 424 g/mol. The van der Waals surface area contributed by atoms with Crippen LogP contribution in [0.25, 0.3) is 0 Å². The molecule has 1 saturated carbocycles. The maximum Gasteiger partial charge on any atom is 1.00 e. The fourth-order valence-corrected chi connectivity index (χ4v) is 2.63. The number of benzene rings is 1. The van der Waals surface area contributed by atoms with E-state index in [1.807, 2.05) is 18.9 Å². The summed E-state index contributed by atoms with van der Waals surface area (Å²) in [4.78, 5) is 9.83. The molecule has 1 aromatic heterocycles. The van der Waals surface area contributed by atoms with Crippen molar-refractivity contribution in [2.45, 2.75) is 32.4 Å². The first-order valence-electron chi connectivity index (χ1n) is 10.3. The van der Waals surface area contributed by atoms with E-state index in [2.05, 4.69) is 46.6 Å². The first-order chi connectivity index (χ1) is 15.2. The Morgan fingerprint density at radius 3 is 2.45 bits per heavy atom. The molecule has 6 nitrogen and oxygen atoms in total. The minimum atomic E-state index is -4.58. The van der Waals surface area contributed by atoms with E-state index in [1.54, 1.807) is 18.2 Å². The molecule has 1 fully saturated rings. The summed E-state index contributed by atoms with van der Waals surface area (Å²) in [6.07, 6.45) is -1.75. The summed E-state index contributed by atoms with van der Waals surface area (Å²) in [5, 5.41) is 14.8. The first-order valence-corrected chi connectivity index (χ1v) is 10.3. The van der Waals surface area contributed by atoms with E-state index in [1.165, 1.54) is 0 Å². The molecule has 33 heavy (non-hydrogen) atoms. The molecule has 0 spiro atoms. The van der Waals surface area contributed by atoms with Crippen molar-refractivity contribution in [2.24, 2.45) is 5.41 Å². The zero-order valence-corrected chi connectivity index (χ0v) is 19.4. The number of nitriles is 1. The molecule has 0 saturated heterocycles. The Balaban J connectivity index is 0.000000691. The van der Waals surface area contributed by atoms with Gasteiger partial charge in [0.05, 0.1) is 11.5 Å². The average Bonchev–Trinajstić information content (AvgIpc) is 3.58. The Labute approximate surface area is 206 Å². The Bertz CT molecular complexity index is 921. The molecule has 1 aliphatic carbocycles. The number of rotatable bonds is 8. The second kappa shape index (κ2) is 12.8. The van der Waals surface area contributed by atoms with E-state index >= 15 is 0 Å². The Hall–Kier alpha value is -2.26. The van der Waals surface area contributed by atoms with Crippen molar-refractivity contribution in [2.75, 3.05) is 37.3 Å². The summed E-state index contributed by atoms with van der Waals surface area (Å²) in [6, 6.07) is 10.4. The second-order valence-electron chi connectivity index (χ2n) is 7.56. The van der Waals surface area contributed by atoms with E-state index in [0.29, 0.717) is 18.5 Å². The molecule has 1 aliphatic rings. The van der Waals surface area contributed by atoms with Crippen LogP contribution in [0.3, 0.4) is 0 Å². The standard InChI is InChI=1S/C18H17F3N5.C5H11N.Li/c1-2-12-5-3-4-6-14(12)25-16-23-9-13(18(19,20)21)15(26-16)24-11-17(10-22)7-8-17;1-4-6(3)5-2;/h4-6,9H,2,7-8,11H2,1H3,(H2,23,24,25,26);1-2,4-5H2,3H3;/q-1;-2;+1. The van der Waals surface area contributed by atoms with Crippen LogP contribution in [0, 0.1) is 36.7 Å². The molecule has 3 rings (SSSR count). The third-order valence-electron chi connectivity index (χ3n) is 5.12. The molecule has 0 radical (unpaired) electrons. The molecule has 0 unspecified atom stereocenters. The molecule has 0 atom stereocenters. The van der Waals surface area contributed by atoms with Crippen LogP contribution in [-0.2, 0) is 12.6 Å². The normalized spacial score (nSPS) is 13.8. The summed E-state index contributed by atoms with van der Waals surface area (Å²) < 4.78 is 39.7. The van der Waals surface area contributed by atoms with Gasteiger partial charge in [0.15, 0.2) is 0 Å². The van der Waals surface area contributed by atoms with Gasteiger partial charge < -0.3 is 29.4 Å². The number of alkyl halides is 3. The minimum absolute atomic E-state index is 0. The summed E-state index contributed by atoms with van der Waals surface area (Å²) in [7, 11) is 1.99. The molecule has 1 heterocycles. The van der Waals surface area contributed by atoms with Crippen LogP contribution in [0.2, 0.25) is 0 Å². The number of aromatic nitrogens is 2. The van der Waals surface area contributed by atoms with E-state index in [4.69, 9.17) is 5.26 Å². The van der Waals surface area contributed by atoms with Gasteiger partial charge >= 0.3 is 25.0 Å². The maximum atomic E-state index is 13.2. The number of nitrogens with one attached hydrogen (secondary N) is 2. The zero-order valence-electron chi connectivity index (χ0n) is 19.4. The van der Waals surface area contributed by atoms with Gasteiger partial charge in [0.2, 0.25) is 5.95 Å². The molecule has 0 bridgehead atoms. The van der Waals surface area contributed by atoms with Crippen molar-refractivity contribution in [3.05, 3.63) is 55.4 Å². The molecular formula is C23H28F3LiN6-2. The van der Waals surface area contributed by atoms with Crippen molar-refractivity contribution in [1.29, 1.82) is 5.26 Å². The van der Waals surface area contributed by atoms with Crippen LogP contribution in [0.5, 0.6) is 0 Å². The summed E-state index contributed by atoms with van der Waals surface area (Å²) in [6.45, 7) is 11.1. The topological polar surface area (TPSA) is 76.9 Å². The van der Waals surface area contributed by atoms with E-state index in [9.17, 15) is 13.2 Å². The van der Waals surface area contributed by atoms with Gasteiger partial charge in [0, 0.05) is 12.7 Å². The molecule has 1 aromatic carbocycles. The van der Waals surface area contributed by atoms with Crippen LogP contribution >= 0.6 is 0 Å². The van der Waals surface area contributed by atoms with Gasteiger partial charge in [-0.1, -0.05) is 19.0 Å². The molecule has 0 aliphatic heterocycles. The monoisotopic (exact) mass is 452 g/mol.